The number of aryl methyl sites for hydroxylation is 1. The van der Waals surface area contributed by atoms with E-state index in [0.717, 1.165) is 5.56 Å². The molecule has 7 heterocycles. The second-order valence-electron chi connectivity index (χ2n) is 21.1. The van der Waals surface area contributed by atoms with E-state index < -0.39 is 78.4 Å². The molecule has 6 aliphatic heterocycles. The topological polar surface area (TPSA) is 359 Å². The molecular weight excluding hydrogens is 1090 g/mol. The van der Waals surface area contributed by atoms with E-state index >= 15 is 0 Å². The molecule has 7 aliphatic rings. The number of aliphatic hydroxyl groups is 4. The lowest BCUT2D eigenvalue weighted by Crippen LogP contribution is -2.69. The number of carboxylic acid groups (broad SMARTS) is 1. The van der Waals surface area contributed by atoms with Crippen molar-refractivity contribution in [2.75, 3.05) is 80.2 Å². The first-order chi connectivity index (χ1) is 39.5. The molecule has 28 nitrogen and oxygen atoms in total. The Balaban J connectivity index is 0.723. The molecule has 5 fully saturated rings. The van der Waals surface area contributed by atoms with Crippen LogP contribution in [0.5, 0.6) is 23.0 Å². The Bertz CT molecular complexity index is 3110. The summed E-state index contributed by atoms with van der Waals surface area (Å²) in [6.45, 7) is 3.47. The van der Waals surface area contributed by atoms with Gasteiger partial charge in [-0.1, -0.05) is 11.3 Å². The SMILES string of the molecule is BC1CC(=O)N(CCOCCOCCOCCOCc2cn(-c3cc(COC(=O)NCC45OC6c7c(C)cc8c(OC)c9c(c(O)c8c7O[C@](OC)(C6O4)[C@@]54CO4)C(=O)CCC9)ccc3O[C@@H]3O[C@H](C(=O)O)[C@@H](O)[C@H](O)[C@H]3O)nn2)C1O. The summed E-state index contributed by atoms with van der Waals surface area (Å²) in [6.07, 6.45) is -9.73. The number of fused-ring (bicyclic) bond motifs is 8. The number of likely N-dealkylation sites (tertiary alicyclic amines) is 1. The number of aromatic hydroxyl groups is 1. The lowest BCUT2D eigenvalue weighted by Gasteiger charge is -2.48. The number of carboxylic acids is 1. The Kier molecular flexibility index (Phi) is 16.2. The minimum atomic E-state index is -1.97. The van der Waals surface area contributed by atoms with Gasteiger partial charge < -0.3 is 102 Å². The first-order valence-electron chi connectivity index (χ1n) is 27.0. The molecule has 442 valence electrons. The summed E-state index contributed by atoms with van der Waals surface area (Å²) in [4.78, 5) is 52.2. The Morgan fingerprint density at radius 2 is 1.66 bits per heavy atom. The third kappa shape index (κ3) is 9.96. The van der Waals surface area contributed by atoms with Gasteiger partial charge in [0.1, 0.15) is 79.5 Å². The molecule has 2 amide bonds. The van der Waals surface area contributed by atoms with Gasteiger partial charge in [0.25, 0.3) is 5.79 Å². The summed E-state index contributed by atoms with van der Waals surface area (Å²) >= 11 is 0. The number of phenolic OH excluding ortho intramolecular Hbond substituents is 1. The number of nitrogens with zero attached hydrogens (tertiary/aromatic N) is 4. The molecule has 1 aliphatic carbocycles. The lowest BCUT2D eigenvalue weighted by molar-refractivity contribution is -0.287. The maximum atomic E-state index is 13.6. The molecule has 7 N–H and O–H groups in total. The molecular formula is C53H64BN5O23. The van der Waals surface area contributed by atoms with Gasteiger partial charge in [0, 0.05) is 43.0 Å². The number of alkyl carbamates (subject to hydrolysis) is 1. The van der Waals surface area contributed by atoms with Gasteiger partial charge in [0.05, 0.1) is 90.3 Å². The van der Waals surface area contributed by atoms with Crippen LogP contribution in [-0.2, 0) is 76.6 Å². The number of ketones is 1. The van der Waals surface area contributed by atoms with Crippen LogP contribution in [0.25, 0.3) is 16.5 Å². The maximum absolute atomic E-state index is 13.6. The maximum Gasteiger partial charge on any atom is 0.407 e. The number of hydrogen-bond acceptors (Lipinski definition) is 24. The van der Waals surface area contributed by atoms with Gasteiger partial charge in [-0.2, -0.15) is 0 Å². The smallest absolute Gasteiger partial charge is 0.407 e. The van der Waals surface area contributed by atoms with Crippen molar-refractivity contribution in [2.45, 2.75) is 118 Å². The number of aromatic nitrogens is 3. The molecule has 12 atom stereocenters. The van der Waals surface area contributed by atoms with Crippen LogP contribution < -0.4 is 19.5 Å². The number of ether oxygens (including phenoxy) is 13. The summed E-state index contributed by atoms with van der Waals surface area (Å²) in [5.74, 6) is -4.89. The highest BCUT2D eigenvalue weighted by Crippen LogP contribution is 2.71. The number of Topliss-reactive ketones (excluding diaryl/α,β-unsaturated/α-hetero) is 1. The fraction of sp³-hybridized carbons (Fsp3) is 0.585. The number of epoxide rings is 1. The van der Waals surface area contributed by atoms with Crippen LogP contribution in [0.2, 0.25) is 5.82 Å². The second-order valence-corrected chi connectivity index (χ2v) is 21.1. The first kappa shape index (κ1) is 57.5. The molecule has 4 aromatic rings. The van der Waals surface area contributed by atoms with Crippen LogP contribution in [0, 0.1) is 6.92 Å². The normalized spacial score (nSPS) is 30.4. The zero-order chi connectivity index (χ0) is 57.8. The standard InChI is InChI=1S/C53H64BN5O23/c1-25-17-29-37(38(62)36-28(42(29)70-2)5-4-6-32(36)60)43-35(25)44-46-53(71-3,81-43)51(24-77-51)52(80-44,82-46)23-55-50(69)76-21-26-7-8-33(78-49-41(65)39(63)40(64)45(79-49)48(67)68)31(18-26)59-20-27(56-57-59)22-75-16-15-74-14-13-73-12-11-72-10-9-58-34(61)19-30(54)47(58)66/h7-8,17-18,20,30,39-41,44-47,49,62-66H,4-6,9-16,19,21-24,54H2,1-3H3,(H,55,69)(H,67,68)/t30?,39-,40-,41+,44?,45-,46?,47?,49+,51+,52?,53+/m0/s1. The Morgan fingerprint density at radius 1 is 0.927 bits per heavy atom. The zero-order valence-corrected chi connectivity index (χ0v) is 45.3. The summed E-state index contributed by atoms with van der Waals surface area (Å²) < 4.78 is 79.2. The van der Waals surface area contributed by atoms with Gasteiger partial charge in [-0.15, -0.1) is 5.10 Å². The summed E-state index contributed by atoms with van der Waals surface area (Å²) in [5.41, 5.74) is 1.56. The number of phenols is 1. The Hall–Kier alpha value is -6.32. The van der Waals surface area contributed by atoms with E-state index in [-0.39, 0.29) is 111 Å². The van der Waals surface area contributed by atoms with E-state index in [1.54, 1.807) is 0 Å². The third-order valence-corrected chi connectivity index (χ3v) is 16.1. The number of methoxy groups -OCH3 is 2. The van der Waals surface area contributed by atoms with Crippen molar-refractivity contribution in [1.82, 2.24) is 25.2 Å². The van der Waals surface area contributed by atoms with Gasteiger partial charge in [-0.3, -0.25) is 9.59 Å². The van der Waals surface area contributed by atoms with Crippen LogP contribution in [0.15, 0.2) is 30.5 Å². The van der Waals surface area contributed by atoms with Gasteiger partial charge in [0.2, 0.25) is 23.6 Å². The average molecular weight is 1150 g/mol. The van der Waals surface area contributed by atoms with Crippen LogP contribution in [0.1, 0.15) is 63.7 Å². The second kappa shape index (κ2) is 23.0. The van der Waals surface area contributed by atoms with Crippen molar-refractivity contribution < 1.29 is 111 Å². The molecule has 82 heavy (non-hydrogen) atoms. The highest BCUT2D eigenvalue weighted by molar-refractivity contribution is 6.15. The minimum absolute atomic E-state index is 0.00384. The number of carbonyl (C=O) groups excluding carboxylic acids is 3. The highest BCUT2D eigenvalue weighted by atomic mass is 16.9. The molecule has 1 aromatic heterocycles. The highest BCUT2D eigenvalue weighted by Gasteiger charge is 2.91. The van der Waals surface area contributed by atoms with Gasteiger partial charge >= 0.3 is 12.1 Å². The molecule has 1 spiro atoms. The molecule has 0 radical (unpaired) electrons. The van der Waals surface area contributed by atoms with Crippen molar-refractivity contribution in [2.24, 2.45) is 0 Å². The molecule has 5 saturated heterocycles. The van der Waals surface area contributed by atoms with Crippen molar-refractivity contribution >= 4 is 42.4 Å². The third-order valence-electron chi connectivity index (χ3n) is 16.1. The molecule has 29 heteroatoms. The fourth-order valence-electron chi connectivity index (χ4n) is 11.9. The summed E-state index contributed by atoms with van der Waals surface area (Å²) in [5, 5.41) is 75.2. The predicted molar refractivity (Wildman–Crippen MR) is 276 cm³/mol. The summed E-state index contributed by atoms with van der Waals surface area (Å²) in [7, 11) is 4.78. The number of aliphatic hydroxyl groups excluding tert-OH is 4. The average Bonchev–Trinajstić information content (AvgIpc) is 1.52. The first-order valence-corrected chi connectivity index (χ1v) is 27.0. The van der Waals surface area contributed by atoms with E-state index in [0.29, 0.717) is 79.1 Å². The number of amides is 2. The quantitative estimate of drug-likeness (QED) is 0.0261. The van der Waals surface area contributed by atoms with Crippen LogP contribution in [0.3, 0.4) is 0 Å². The number of carbonyl (C=O) groups is 4. The van der Waals surface area contributed by atoms with E-state index in [1.807, 2.05) is 20.8 Å². The van der Waals surface area contributed by atoms with Crippen LogP contribution in [0.4, 0.5) is 4.79 Å². The Labute approximate surface area is 468 Å². The van der Waals surface area contributed by atoms with Gasteiger partial charge in [-0.05, 0) is 54.9 Å². The molecule has 2 bridgehead atoms. The summed E-state index contributed by atoms with van der Waals surface area (Å²) in [6, 6.07) is 6.29. The number of benzene rings is 3. The number of aliphatic carboxylic acids is 1. The largest absolute Gasteiger partial charge is 0.506 e. The van der Waals surface area contributed by atoms with E-state index in [1.165, 1.54) is 48.2 Å². The van der Waals surface area contributed by atoms with Crippen LogP contribution in [-0.4, -0.2) is 223 Å². The van der Waals surface area contributed by atoms with E-state index in [9.17, 15) is 49.8 Å². The molecule has 3 aromatic carbocycles. The number of hydrogen-bond donors (Lipinski definition) is 7. The zero-order valence-electron chi connectivity index (χ0n) is 45.3. The Morgan fingerprint density at radius 3 is 2.34 bits per heavy atom. The van der Waals surface area contributed by atoms with Crippen molar-refractivity contribution in [3.63, 3.8) is 0 Å². The van der Waals surface area contributed by atoms with Gasteiger partial charge in [0.15, 0.2) is 18.0 Å². The van der Waals surface area contributed by atoms with Gasteiger partial charge in [-0.25, -0.2) is 14.3 Å². The lowest BCUT2D eigenvalue weighted by atomic mass is 9.78. The minimum Gasteiger partial charge on any atom is -0.506 e. The van der Waals surface area contributed by atoms with Crippen molar-refractivity contribution in [3.05, 3.63) is 64.0 Å². The number of rotatable bonds is 24. The van der Waals surface area contributed by atoms with E-state index in [2.05, 4.69) is 15.6 Å². The van der Waals surface area contributed by atoms with Crippen LogP contribution >= 0.6 is 0 Å². The van der Waals surface area contributed by atoms with E-state index in [4.69, 9.17) is 61.6 Å². The fourth-order valence-corrected chi connectivity index (χ4v) is 11.9. The molecule has 11 rings (SSSR count). The van der Waals surface area contributed by atoms with Crippen molar-refractivity contribution in [3.8, 4) is 28.7 Å². The molecule has 5 unspecified atom stereocenters. The number of nitrogens with one attached hydrogen (secondary N) is 1. The predicted octanol–water partition coefficient (Wildman–Crippen LogP) is -0.631. The monoisotopic (exact) mass is 1150 g/mol. The molecule has 0 saturated carbocycles. The van der Waals surface area contributed by atoms with Crippen molar-refractivity contribution in [1.29, 1.82) is 0 Å².